The van der Waals surface area contributed by atoms with E-state index in [0.717, 1.165) is 50.1 Å². The van der Waals surface area contributed by atoms with Gasteiger partial charge in [-0.05, 0) is 97.1 Å². The molecule has 2 heteroatoms. The Hall–Kier alpha value is -8.20. The molecule has 0 amide bonds. The Bertz CT molecular complexity index is 3550. The third-order valence-corrected chi connectivity index (χ3v) is 13.5. The van der Waals surface area contributed by atoms with Crippen LogP contribution in [-0.2, 0) is 5.41 Å². The molecule has 0 fully saturated rings. The second kappa shape index (κ2) is 13.9. The lowest BCUT2D eigenvalue weighted by Crippen LogP contribution is -2.26. The van der Waals surface area contributed by atoms with Gasteiger partial charge in [-0.1, -0.05) is 206 Å². The summed E-state index contributed by atoms with van der Waals surface area (Å²) in [4.78, 5) is 2.53. The van der Waals surface area contributed by atoms with Crippen molar-refractivity contribution in [3.05, 3.63) is 259 Å². The molecule has 1 spiro atoms. The molecule has 0 N–H and O–H groups in total. The van der Waals surface area contributed by atoms with Crippen LogP contribution in [-0.4, -0.2) is 0 Å². The Balaban J connectivity index is 1.13. The number of furan rings is 1. The summed E-state index contributed by atoms with van der Waals surface area (Å²) in [7, 11) is 0. The third kappa shape index (κ3) is 5.07. The van der Waals surface area contributed by atoms with Crippen LogP contribution >= 0.6 is 0 Å². The number of para-hydroxylation sites is 2. The predicted molar refractivity (Wildman–Crippen MR) is 261 cm³/mol. The molecule has 2 nitrogen and oxygen atoms in total. The van der Waals surface area contributed by atoms with Gasteiger partial charge in [0.15, 0.2) is 0 Å². The Kier molecular flexibility index (Phi) is 7.85. The van der Waals surface area contributed by atoms with Crippen LogP contribution in [0.4, 0.5) is 17.1 Å². The zero-order valence-electron chi connectivity index (χ0n) is 34.4. The Morgan fingerprint density at radius 2 is 0.730 bits per heavy atom. The maximum absolute atomic E-state index is 6.64. The molecule has 10 aromatic carbocycles. The Labute approximate surface area is 366 Å². The molecule has 0 saturated carbocycles. The molecule has 0 radical (unpaired) electrons. The lowest BCUT2D eigenvalue weighted by molar-refractivity contribution is 0.669. The second-order valence-corrected chi connectivity index (χ2v) is 16.6. The minimum atomic E-state index is -0.484. The normalized spacial score (nSPS) is 12.9. The van der Waals surface area contributed by atoms with Crippen molar-refractivity contribution in [2.75, 3.05) is 4.90 Å². The number of anilines is 3. The summed E-state index contributed by atoms with van der Waals surface area (Å²) in [5.41, 5.74) is 21.9. The summed E-state index contributed by atoms with van der Waals surface area (Å²) >= 11 is 0. The zero-order valence-corrected chi connectivity index (χ0v) is 34.4. The van der Waals surface area contributed by atoms with E-state index < -0.39 is 5.41 Å². The van der Waals surface area contributed by atoms with Crippen molar-refractivity contribution in [1.29, 1.82) is 0 Å². The van der Waals surface area contributed by atoms with E-state index in [1.54, 1.807) is 0 Å². The van der Waals surface area contributed by atoms with Gasteiger partial charge in [0.1, 0.15) is 11.2 Å². The summed E-state index contributed by atoms with van der Waals surface area (Å²) in [6.07, 6.45) is 0. The molecular weight excluding hydrogens is 763 g/mol. The molecule has 0 saturated heterocycles. The van der Waals surface area contributed by atoms with E-state index in [4.69, 9.17) is 4.42 Å². The molecule has 0 unspecified atom stereocenters. The Morgan fingerprint density at radius 1 is 0.286 bits per heavy atom. The van der Waals surface area contributed by atoms with Crippen molar-refractivity contribution in [3.63, 3.8) is 0 Å². The van der Waals surface area contributed by atoms with Gasteiger partial charge in [-0.2, -0.15) is 0 Å². The Morgan fingerprint density at radius 3 is 1.44 bits per heavy atom. The van der Waals surface area contributed by atoms with E-state index in [0.29, 0.717) is 0 Å². The minimum absolute atomic E-state index is 0.484. The molecular formula is C61H39NO. The molecule has 63 heavy (non-hydrogen) atoms. The van der Waals surface area contributed by atoms with Crippen LogP contribution in [0.2, 0.25) is 0 Å². The summed E-state index contributed by atoms with van der Waals surface area (Å²) in [5, 5.41) is 2.17. The van der Waals surface area contributed by atoms with Gasteiger partial charge >= 0.3 is 0 Å². The van der Waals surface area contributed by atoms with Crippen LogP contribution in [0.5, 0.6) is 0 Å². The molecule has 11 aromatic rings. The molecule has 1 heterocycles. The highest BCUT2D eigenvalue weighted by atomic mass is 16.3. The van der Waals surface area contributed by atoms with Crippen molar-refractivity contribution < 1.29 is 4.42 Å². The highest BCUT2D eigenvalue weighted by Crippen LogP contribution is 2.65. The molecule has 294 valence electrons. The number of nitrogens with zero attached hydrogens (tertiary/aromatic N) is 1. The van der Waals surface area contributed by atoms with Crippen molar-refractivity contribution in [1.82, 2.24) is 0 Å². The fraction of sp³-hybridized carbons (Fsp3) is 0.0164. The highest BCUT2D eigenvalue weighted by molar-refractivity contribution is 6.15. The number of hydrogen-bond donors (Lipinski definition) is 0. The van der Waals surface area contributed by atoms with Gasteiger partial charge < -0.3 is 9.32 Å². The second-order valence-electron chi connectivity index (χ2n) is 16.6. The van der Waals surface area contributed by atoms with E-state index in [2.05, 4.69) is 241 Å². The number of rotatable bonds is 6. The van der Waals surface area contributed by atoms with Gasteiger partial charge in [-0.3, -0.25) is 0 Å². The van der Waals surface area contributed by atoms with Crippen LogP contribution in [0.1, 0.15) is 22.3 Å². The average Bonchev–Trinajstić information content (AvgIpc) is 4.00. The maximum atomic E-state index is 6.64. The number of fused-ring (bicyclic) bond motifs is 13. The number of hydrogen-bond acceptors (Lipinski definition) is 2. The van der Waals surface area contributed by atoms with Crippen LogP contribution < -0.4 is 4.90 Å². The first-order chi connectivity index (χ1) is 31.3. The average molecular weight is 802 g/mol. The summed E-state index contributed by atoms with van der Waals surface area (Å²) in [5.74, 6) is 0. The van der Waals surface area contributed by atoms with Crippen LogP contribution in [0.3, 0.4) is 0 Å². The summed E-state index contributed by atoms with van der Waals surface area (Å²) in [6.45, 7) is 0. The van der Waals surface area contributed by atoms with E-state index in [1.165, 1.54) is 66.8 Å². The third-order valence-electron chi connectivity index (χ3n) is 13.5. The van der Waals surface area contributed by atoms with Crippen LogP contribution in [0.15, 0.2) is 241 Å². The van der Waals surface area contributed by atoms with Gasteiger partial charge in [-0.25, -0.2) is 0 Å². The lowest BCUT2D eigenvalue weighted by Gasteiger charge is -2.33. The molecule has 1 aromatic heterocycles. The van der Waals surface area contributed by atoms with Gasteiger partial charge in [0, 0.05) is 16.5 Å². The molecule has 13 rings (SSSR count). The van der Waals surface area contributed by atoms with E-state index in [1.807, 2.05) is 0 Å². The quantitative estimate of drug-likeness (QED) is 0.167. The zero-order chi connectivity index (χ0) is 41.5. The number of benzene rings is 10. The molecule has 2 aliphatic rings. The van der Waals surface area contributed by atoms with E-state index in [-0.39, 0.29) is 0 Å². The van der Waals surface area contributed by atoms with Crippen LogP contribution in [0.25, 0.3) is 77.6 Å². The van der Waals surface area contributed by atoms with Crippen LogP contribution in [0, 0.1) is 0 Å². The van der Waals surface area contributed by atoms with Gasteiger partial charge in [0.2, 0.25) is 0 Å². The van der Waals surface area contributed by atoms with Gasteiger partial charge in [0.25, 0.3) is 0 Å². The minimum Gasteiger partial charge on any atom is -0.456 e. The van der Waals surface area contributed by atoms with Crippen molar-refractivity contribution >= 4 is 39.0 Å². The SMILES string of the molecule is c1ccc(-c2ccccc2-c2ccccc2-c2ccccc2N(c2cccc3c2-c2ccccc2C32c3ccccc3-c3ccccc32)c2cccc3oc4ccccc4c23)cc1. The smallest absolute Gasteiger partial charge is 0.137 e. The topological polar surface area (TPSA) is 16.4 Å². The first-order valence-corrected chi connectivity index (χ1v) is 21.8. The maximum Gasteiger partial charge on any atom is 0.137 e. The summed E-state index contributed by atoms with van der Waals surface area (Å²) in [6, 6.07) is 86.5. The van der Waals surface area contributed by atoms with Gasteiger partial charge in [0.05, 0.1) is 27.9 Å². The van der Waals surface area contributed by atoms with E-state index in [9.17, 15) is 0 Å². The summed E-state index contributed by atoms with van der Waals surface area (Å²) < 4.78 is 6.64. The monoisotopic (exact) mass is 801 g/mol. The van der Waals surface area contributed by atoms with Gasteiger partial charge in [-0.15, -0.1) is 0 Å². The first-order valence-electron chi connectivity index (χ1n) is 21.8. The standard InChI is InChI=1S/C61H39NO/c1-2-20-40(21-3-1)41-22-4-5-23-42(41)43-24-6-7-25-44(43)47-28-11-16-35-54(47)62(56-37-19-39-58-60(56)49-30-12-17-38-57(49)63-58)55-36-18-34-53-59(55)48-29-10-15-33-52(48)61(53)50-31-13-8-26-45(50)46-27-9-14-32-51(46)61/h1-39H. The molecule has 0 aliphatic heterocycles. The molecule has 0 atom stereocenters. The predicted octanol–water partition coefficient (Wildman–Crippen LogP) is 16.4. The van der Waals surface area contributed by atoms with Crippen molar-refractivity contribution in [3.8, 4) is 55.6 Å². The highest BCUT2D eigenvalue weighted by Gasteiger charge is 2.52. The van der Waals surface area contributed by atoms with Crippen molar-refractivity contribution in [2.45, 2.75) is 5.41 Å². The first kappa shape index (κ1) is 35.5. The molecule has 0 bridgehead atoms. The lowest BCUT2D eigenvalue weighted by atomic mass is 9.70. The fourth-order valence-electron chi connectivity index (χ4n) is 11.1. The van der Waals surface area contributed by atoms with Crippen molar-refractivity contribution in [2.24, 2.45) is 0 Å². The molecule has 2 aliphatic carbocycles. The largest absolute Gasteiger partial charge is 0.456 e. The van der Waals surface area contributed by atoms with E-state index >= 15 is 0 Å². The fourth-order valence-corrected chi connectivity index (χ4v) is 11.1.